The van der Waals surface area contributed by atoms with E-state index in [0.717, 1.165) is 16.7 Å². The Bertz CT molecular complexity index is 1040. The van der Waals surface area contributed by atoms with E-state index in [1.165, 1.54) is 0 Å². The van der Waals surface area contributed by atoms with Gasteiger partial charge in [0.1, 0.15) is 12.2 Å². The van der Waals surface area contributed by atoms with Crippen LogP contribution in [0.15, 0.2) is 103 Å². The molecular weight excluding hydrogens is 440 g/mol. The fourth-order valence-electron chi connectivity index (χ4n) is 3.93. The Labute approximate surface area is 207 Å². The average molecular weight is 473 g/mol. The molecule has 1 aliphatic heterocycles. The van der Waals surface area contributed by atoms with E-state index >= 15 is 0 Å². The van der Waals surface area contributed by atoms with Gasteiger partial charge < -0.3 is 18.9 Å². The molecule has 3 aromatic carbocycles. The summed E-state index contributed by atoms with van der Waals surface area (Å²) in [7, 11) is 0. The summed E-state index contributed by atoms with van der Waals surface area (Å²) in [6.07, 6.45) is 3.31. The first-order chi connectivity index (χ1) is 17.3. The molecule has 0 unspecified atom stereocenters. The molecule has 3 aromatic rings. The molecule has 4 rings (SSSR count). The van der Waals surface area contributed by atoms with Crippen LogP contribution in [0, 0.1) is 0 Å². The molecule has 0 N–H and O–H groups in total. The predicted molar refractivity (Wildman–Crippen MR) is 134 cm³/mol. The molecule has 0 saturated carbocycles. The first-order valence-electron chi connectivity index (χ1n) is 12.1. The number of hydrogen-bond donors (Lipinski definition) is 0. The quantitative estimate of drug-likeness (QED) is 0.283. The van der Waals surface area contributed by atoms with Gasteiger partial charge in [-0.15, -0.1) is 0 Å². The van der Waals surface area contributed by atoms with Crippen LogP contribution < -0.4 is 0 Å². The van der Waals surface area contributed by atoms with Gasteiger partial charge in [0.05, 0.1) is 26.4 Å². The van der Waals surface area contributed by atoms with Gasteiger partial charge >= 0.3 is 5.97 Å². The van der Waals surface area contributed by atoms with Crippen LogP contribution in [0.25, 0.3) is 0 Å². The lowest BCUT2D eigenvalue weighted by molar-refractivity contribution is -0.176. The van der Waals surface area contributed by atoms with Crippen molar-refractivity contribution < 1.29 is 23.7 Å². The summed E-state index contributed by atoms with van der Waals surface area (Å²) < 4.78 is 24.6. The Kier molecular flexibility index (Phi) is 9.65. The van der Waals surface area contributed by atoms with Crippen molar-refractivity contribution in [3.05, 3.63) is 120 Å². The lowest BCUT2D eigenvalue weighted by Gasteiger charge is -2.31. The Morgan fingerprint density at radius 2 is 1.26 bits per heavy atom. The van der Waals surface area contributed by atoms with E-state index in [4.69, 9.17) is 18.9 Å². The average Bonchev–Trinajstić information content (AvgIpc) is 2.97. The zero-order chi connectivity index (χ0) is 24.1. The number of carbonyl (C=O) groups is 1. The Balaban J connectivity index is 1.52. The molecule has 35 heavy (non-hydrogen) atoms. The molecule has 3 atom stereocenters. The van der Waals surface area contributed by atoms with Crippen LogP contribution in [0.5, 0.6) is 0 Å². The van der Waals surface area contributed by atoms with Gasteiger partial charge in [0.15, 0.2) is 6.10 Å². The second kappa shape index (κ2) is 13.6. The topological polar surface area (TPSA) is 54.0 Å². The van der Waals surface area contributed by atoms with E-state index in [0.29, 0.717) is 32.7 Å². The van der Waals surface area contributed by atoms with Crippen molar-refractivity contribution in [2.24, 2.45) is 0 Å². The van der Waals surface area contributed by atoms with Gasteiger partial charge in [0.25, 0.3) is 0 Å². The molecule has 1 aliphatic rings. The Morgan fingerprint density at radius 1 is 0.714 bits per heavy atom. The van der Waals surface area contributed by atoms with Crippen LogP contribution in [-0.4, -0.2) is 30.9 Å². The van der Waals surface area contributed by atoms with Crippen LogP contribution >= 0.6 is 0 Å². The number of esters is 1. The van der Waals surface area contributed by atoms with Gasteiger partial charge in [0.2, 0.25) is 0 Å². The third-order valence-electron chi connectivity index (χ3n) is 5.78. The Hall–Kier alpha value is -3.25. The highest BCUT2D eigenvalue weighted by molar-refractivity contribution is 5.69. The van der Waals surface area contributed by atoms with Crippen LogP contribution in [0.2, 0.25) is 0 Å². The van der Waals surface area contributed by atoms with Crippen molar-refractivity contribution in [3.63, 3.8) is 0 Å². The molecule has 5 heteroatoms. The molecule has 0 saturated heterocycles. The van der Waals surface area contributed by atoms with Gasteiger partial charge in [-0.05, 0) is 23.1 Å². The summed E-state index contributed by atoms with van der Waals surface area (Å²) >= 11 is 0. The lowest BCUT2D eigenvalue weighted by Crippen LogP contribution is -2.45. The Morgan fingerprint density at radius 3 is 1.86 bits per heavy atom. The van der Waals surface area contributed by atoms with Gasteiger partial charge in [-0.3, -0.25) is 4.79 Å². The van der Waals surface area contributed by atoms with Gasteiger partial charge in [0, 0.05) is 6.42 Å². The predicted octanol–water partition coefficient (Wildman–Crippen LogP) is 5.64. The minimum Gasteiger partial charge on any atom is -0.457 e. The second-order valence-corrected chi connectivity index (χ2v) is 8.52. The monoisotopic (exact) mass is 472 g/mol. The summed E-state index contributed by atoms with van der Waals surface area (Å²) in [6, 6.07) is 29.9. The number of allylic oxidation sites excluding steroid dienone is 1. The van der Waals surface area contributed by atoms with Crippen molar-refractivity contribution in [2.45, 2.75) is 51.0 Å². The lowest BCUT2D eigenvalue weighted by atomic mass is 10.1. The van der Waals surface area contributed by atoms with Crippen LogP contribution in [-0.2, 0) is 43.6 Å². The van der Waals surface area contributed by atoms with Crippen molar-refractivity contribution in [3.8, 4) is 0 Å². The molecule has 5 nitrogen and oxygen atoms in total. The van der Waals surface area contributed by atoms with E-state index in [-0.39, 0.29) is 12.6 Å². The molecule has 1 heterocycles. The minimum absolute atomic E-state index is 0.207. The number of cyclic esters (lactones) is 1. The SMILES string of the molecule is O=C1CC/C=C\[C@@H](OCc2ccccc2)[C@H](OCc2ccccc2)[C@H](COCc2ccccc2)O1. The largest absolute Gasteiger partial charge is 0.457 e. The third-order valence-corrected chi connectivity index (χ3v) is 5.78. The molecule has 0 radical (unpaired) electrons. The van der Waals surface area contributed by atoms with Crippen molar-refractivity contribution in [2.75, 3.05) is 6.61 Å². The van der Waals surface area contributed by atoms with Crippen LogP contribution in [0.3, 0.4) is 0 Å². The van der Waals surface area contributed by atoms with Crippen LogP contribution in [0.4, 0.5) is 0 Å². The maximum atomic E-state index is 12.5. The fourth-order valence-corrected chi connectivity index (χ4v) is 3.93. The maximum absolute atomic E-state index is 12.5. The molecular formula is C30H32O5. The fraction of sp³-hybridized carbons (Fsp3) is 0.300. The normalized spacial score (nSPS) is 21.4. The first-order valence-corrected chi connectivity index (χ1v) is 12.1. The maximum Gasteiger partial charge on any atom is 0.306 e. The molecule has 0 amide bonds. The van der Waals surface area contributed by atoms with Crippen molar-refractivity contribution >= 4 is 5.97 Å². The molecule has 0 bridgehead atoms. The summed E-state index contributed by atoms with van der Waals surface area (Å²) in [4.78, 5) is 12.5. The van der Waals surface area contributed by atoms with E-state index in [2.05, 4.69) is 0 Å². The number of ether oxygens (including phenoxy) is 4. The van der Waals surface area contributed by atoms with E-state index in [1.54, 1.807) is 0 Å². The zero-order valence-corrected chi connectivity index (χ0v) is 19.8. The first kappa shape index (κ1) is 24.9. The zero-order valence-electron chi connectivity index (χ0n) is 19.8. The van der Waals surface area contributed by atoms with E-state index < -0.39 is 18.3 Å². The molecule has 0 spiro atoms. The number of carbonyl (C=O) groups excluding carboxylic acids is 1. The minimum atomic E-state index is -0.613. The second-order valence-electron chi connectivity index (χ2n) is 8.52. The summed E-state index contributed by atoms with van der Waals surface area (Å²) in [5.41, 5.74) is 3.16. The van der Waals surface area contributed by atoms with Crippen LogP contribution in [0.1, 0.15) is 29.5 Å². The highest BCUT2D eigenvalue weighted by Crippen LogP contribution is 2.21. The highest BCUT2D eigenvalue weighted by atomic mass is 16.6. The molecule has 0 fully saturated rings. The number of rotatable bonds is 10. The number of benzene rings is 3. The smallest absolute Gasteiger partial charge is 0.306 e. The van der Waals surface area contributed by atoms with Crippen molar-refractivity contribution in [1.82, 2.24) is 0 Å². The molecule has 182 valence electrons. The molecule has 0 aliphatic carbocycles. The number of hydrogen-bond acceptors (Lipinski definition) is 5. The highest BCUT2D eigenvalue weighted by Gasteiger charge is 2.34. The van der Waals surface area contributed by atoms with Gasteiger partial charge in [-0.25, -0.2) is 0 Å². The van der Waals surface area contributed by atoms with E-state index in [9.17, 15) is 4.79 Å². The summed E-state index contributed by atoms with van der Waals surface area (Å²) in [5.74, 6) is -0.264. The van der Waals surface area contributed by atoms with E-state index in [1.807, 2.05) is 103 Å². The third kappa shape index (κ3) is 8.18. The van der Waals surface area contributed by atoms with Gasteiger partial charge in [-0.2, -0.15) is 0 Å². The van der Waals surface area contributed by atoms with Gasteiger partial charge in [-0.1, -0.05) is 103 Å². The molecule has 0 aromatic heterocycles. The summed E-state index contributed by atoms with van der Waals surface area (Å²) in [6.45, 7) is 1.43. The standard InChI is InChI=1S/C30H32O5/c31-29-19-11-10-18-27(33-21-25-14-6-2-7-15-25)30(34-22-26-16-8-3-9-17-26)28(35-29)23-32-20-24-12-4-1-5-13-24/h1-10,12-18,27-28,30H,11,19-23H2/b18-10-/t27-,28+,30+/m1/s1. The van der Waals surface area contributed by atoms with Crippen molar-refractivity contribution in [1.29, 1.82) is 0 Å². The summed E-state index contributed by atoms with van der Waals surface area (Å²) in [5, 5.41) is 0.